The molecule has 92 valence electrons. The first-order chi connectivity index (χ1) is 7.97. The molecule has 2 N–H and O–H groups in total. The molecule has 1 aliphatic carbocycles. The normalized spacial score (nSPS) is 15.8. The third-order valence-corrected chi connectivity index (χ3v) is 4.71. The van der Waals surface area contributed by atoms with E-state index in [1.54, 1.807) is 24.3 Å². The fourth-order valence-electron chi connectivity index (χ4n) is 1.71. The van der Waals surface area contributed by atoms with E-state index in [4.69, 9.17) is 5.73 Å². The molecule has 0 atom stereocenters. The van der Waals surface area contributed by atoms with Crippen molar-refractivity contribution in [1.29, 1.82) is 0 Å². The van der Waals surface area contributed by atoms with E-state index in [1.807, 2.05) is 0 Å². The molecule has 2 rings (SSSR count). The molecule has 0 heterocycles. The van der Waals surface area contributed by atoms with Crippen LogP contribution in [0.15, 0.2) is 29.2 Å². The molecule has 1 aromatic carbocycles. The Balaban J connectivity index is 2.13. The van der Waals surface area contributed by atoms with Gasteiger partial charge in [0.05, 0.1) is 17.1 Å². The SMILES string of the molecule is NC(=O)Cc1ccc(S(=O)(=O)CC2CC2)cc1. The van der Waals surface area contributed by atoms with Crippen molar-refractivity contribution >= 4 is 15.7 Å². The molecule has 1 aromatic rings. The van der Waals surface area contributed by atoms with E-state index < -0.39 is 15.7 Å². The first-order valence-corrected chi connectivity index (χ1v) is 7.22. The molecule has 1 aliphatic rings. The number of hydrogen-bond acceptors (Lipinski definition) is 3. The summed E-state index contributed by atoms with van der Waals surface area (Å²) < 4.78 is 23.8. The Morgan fingerprint density at radius 1 is 1.24 bits per heavy atom. The van der Waals surface area contributed by atoms with Gasteiger partial charge >= 0.3 is 0 Å². The van der Waals surface area contributed by atoms with Gasteiger partial charge < -0.3 is 5.73 Å². The molecule has 4 nitrogen and oxygen atoms in total. The van der Waals surface area contributed by atoms with Gasteiger partial charge in [0, 0.05) is 0 Å². The Morgan fingerprint density at radius 3 is 2.29 bits per heavy atom. The van der Waals surface area contributed by atoms with Gasteiger partial charge in [0.2, 0.25) is 5.91 Å². The van der Waals surface area contributed by atoms with Gasteiger partial charge in [-0.15, -0.1) is 0 Å². The number of primary amides is 1. The molecule has 0 spiro atoms. The summed E-state index contributed by atoms with van der Waals surface area (Å²) >= 11 is 0. The van der Waals surface area contributed by atoms with Crippen LogP contribution < -0.4 is 5.73 Å². The Bertz CT molecular complexity index is 515. The summed E-state index contributed by atoms with van der Waals surface area (Å²) in [7, 11) is -3.16. The topological polar surface area (TPSA) is 77.2 Å². The van der Waals surface area contributed by atoms with Crippen LogP contribution in [0.3, 0.4) is 0 Å². The van der Waals surface area contributed by atoms with Crippen LogP contribution >= 0.6 is 0 Å². The molecule has 0 unspecified atom stereocenters. The summed E-state index contributed by atoms with van der Waals surface area (Å²) in [4.78, 5) is 11.0. The first-order valence-electron chi connectivity index (χ1n) is 5.57. The van der Waals surface area contributed by atoms with Crippen LogP contribution in [0.25, 0.3) is 0 Å². The molecule has 0 aliphatic heterocycles. The first kappa shape index (κ1) is 12.1. The molecule has 1 fully saturated rings. The summed E-state index contributed by atoms with van der Waals surface area (Å²) in [6.07, 6.45) is 2.17. The minimum absolute atomic E-state index is 0.142. The zero-order valence-electron chi connectivity index (χ0n) is 9.43. The second-order valence-corrected chi connectivity index (χ2v) is 6.55. The number of amides is 1. The molecular weight excluding hydrogens is 238 g/mol. The monoisotopic (exact) mass is 253 g/mol. The summed E-state index contributed by atoms with van der Waals surface area (Å²) in [5, 5.41) is 0. The van der Waals surface area contributed by atoms with Gasteiger partial charge in [-0.2, -0.15) is 0 Å². The zero-order valence-corrected chi connectivity index (χ0v) is 10.2. The molecule has 5 heteroatoms. The van der Waals surface area contributed by atoms with Gasteiger partial charge in [0.15, 0.2) is 9.84 Å². The number of benzene rings is 1. The van der Waals surface area contributed by atoms with Crippen molar-refractivity contribution in [3.8, 4) is 0 Å². The predicted molar refractivity (Wildman–Crippen MR) is 64.1 cm³/mol. The lowest BCUT2D eigenvalue weighted by atomic mass is 10.1. The average molecular weight is 253 g/mol. The molecular formula is C12H15NO3S. The van der Waals surface area contributed by atoms with Gasteiger partial charge in [-0.3, -0.25) is 4.79 Å². The van der Waals surface area contributed by atoms with Crippen LogP contribution in [0.1, 0.15) is 18.4 Å². The van der Waals surface area contributed by atoms with Crippen LogP contribution in [0.5, 0.6) is 0 Å². The van der Waals surface area contributed by atoms with Crippen molar-refractivity contribution in [1.82, 2.24) is 0 Å². The van der Waals surface area contributed by atoms with Crippen molar-refractivity contribution in [2.24, 2.45) is 11.7 Å². The maximum Gasteiger partial charge on any atom is 0.221 e. The molecule has 17 heavy (non-hydrogen) atoms. The van der Waals surface area contributed by atoms with Crippen molar-refractivity contribution in [3.63, 3.8) is 0 Å². The lowest BCUT2D eigenvalue weighted by Gasteiger charge is -2.04. The second kappa shape index (κ2) is 4.49. The van der Waals surface area contributed by atoms with Crippen molar-refractivity contribution in [2.45, 2.75) is 24.2 Å². The third-order valence-electron chi connectivity index (χ3n) is 2.81. The predicted octanol–water partition coefficient (Wildman–Crippen LogP) is 0.898. The lowest BCUT2D eigenvalue weighted by Crippen LogP contribution is -2.14. The highest BCUT2D eigenvalue weighted by molar-refractivity contribution is 7.91. The quantitative estimate of drug-likeness (QED) is 0.846. The smallest absolute Gasteiger partial charge is 0.221 e. The van der Waals surface area contributed by atoms with Crippen LogP contribution in [-0.2, 0) is 21.1 Å². The number of carbonyl (C=O) groups is 1. The van der Waals surface area contributed by atoms with E-state index >= 15 is 0 Å². The number of sulfone groups is 1. The highest BCUT2D eigenvalue weighted by atomic mass is 32.2. The number of hydrogen-bond donors (Lipinski definition) is 1. The van der Waals surface area contributed by atoms with Crippen LogP contribution in [0, 0.1) is 5.92 Å². The number of nitrogens with two attached hydrogens (primary N) is 1. The van der Waals surface area contributed by atoms with E-state index in [0.717, 1.165) is 18.4 Å². The fraction of sp³-hybridized carbons (Fsp3) is 0.417. The Labute approximate surface area is 101 Å². The summed E-state index contributed by atoms with van der Waals surface area (Å²) in [5.74, 6) is 0.159. The summed E-state index contributed by atoms with van der Waals surface area (Å²) in [6, 6.07) is 6.39. The number of rotatable bonds is 5. The standard InChI is InChI=1S/C12H15NO3S/c13-12(14)7-9-3-5-11(6-4-9)17(15,16)8-10-1-2-10/h3-6,10H,1-2,7-8H2,(H2,13,14). The Morgan fingerprint density at radius 2 is 1.82 bits per heavy atom. The summed E-state index contributed by atoms with van der Waals surface area (Å²) in [5.41, 5.74) is 5.80. The maximum atomic E-state index is 11.9. The highest BCUT2D eigenvalue weighted by Gasteiger charge is 2.28. The van der Waals surface area contributed by atoms with Gasteiger partial charge in [-0.25, -0.2) is 8.42 Å². The van der Waals surface area contributed by atoms with E-state index in [1.165, 1.54) is 0 Å². The van der Waals surface area contributed by atoms with E-state index in [9.17, 15) is 13.2 Å². The zero-order chi connectivity index (χ0) is 12.5. The minimum Gasteiger partial charge on any atom is -0.369 e. The van der Waals surface area contributed by atoms with Gasteiger partial charge in [-0.05, 0) is 36.5 Å². The lowest BCUT2D eigenvalue weighted by molar-refractivity contribution is -0.117. The molecule has 0 saturated heterocycles. The van der Waals surface area contributed by atoms with E-state index in [2.05, 4.69) is 0 Å². The maximum absolute atomic E-state index is 11.9. The minimum atomic E-state index is -3.16. The van der Waals surface area contributed by atoms with Crippen molar-refractivity contribution in [2.75, 3.05) is 5.75 Å². The Hall–Kier alpha value is -1.36. The van der Waals surface area contributed by atoms with Crippen molar-refractivity contribution in [3.05, 3.63) is 29.8 Å². The van der Waals surface area contributed by atoms with Crippen LogP contribution in [-0.4, -0.2) is 20.1 Å². The van der Waals surface area contributed by atoms with E-state index in [-0.39, 0.29) is 12.2 Å². The molecule has 0 bridgehead atoms. The third kappa shape index (κ3) is 3.30. The largest absolute Gasteiger partial charge is 0.369 e. The number of carbonyl (C=O) groups excluding carboxylic acids is 1. The Kier molecular flexibility index (Phi) is 3.19. The molecule has 0 aromatic heterocycles. The van der Waals surface area contributed by atoms with Crippen molar-refractivity contribution < 1.29 is 13.2 Å². The van der Waals surface area contributed by atoms with Gasteiger partial charge in [0.25, 0.3) is 0 Å². The molecule has 1 amide bonds. The fourth-order valence-corrected chi connectivity index (χ4v) is 3.40. The summed E-state index contributed by atoms with van der Waals surface area (Å²) in [6.45, 7) is 0. The van der Waals surface area contributed by atoms with Gasteiger partial charge in [-0.1, -0.05) is 12.1 Å². The molecule has 0 radical (unpaired) electrons. The second-order valence-electron chi connectivity index (χ2n) is 4.51. The van der Waals surface area contributed by atoms with E-state index in [0.29, 0.717) is 10.8 Å². The van der Waals surface area contributed by atoms with Crippen LogP contribution in [0.2, 0.25) is 0 Å². The average Bonchev–Trinajstić information content (AvgIpc) is 3.01. The molecule has 1 saturated carbocycles. The van der Waals surface area contributed by atoms with Crippen LogP contribution in [0.4, 0.5) is 0 Å². The van der Waals surface area contributed by atoms with Gasteiger partial charge in [0.1, 0.15) is 0 Å². The highest BCUT2D eigenvalue weighted by Crippen LogP contribution is 2.32.